The Hall–Kier alpha value is -1.64. The van der Waals surface area contributed by atoms with Crippen molar-refractivity contribution >= 4 is 21.6 Å². The van der Waals surface area contributed by atoms with Crippen LogP contribution in [0.1, 0.15) is 50.4 Å². The van der Waals surface area contributed by atoms with E-state index < -0.39 is 10.0 Å². The molecule has 1 saturated heterocycles. The van der Waals surface area contributed by atoms with Crippen LogP contribution < -0.4 is 10.0 Å². The zero-order valence-corrected chi connectivity index (χ0v) is 18.6. The van der Waals surface area contributed by atoms with Gasteiger partial charge < -0.3 is 10.1 Å². The molecule has 7 nitrogen and oxygen atoms in total. The summed E-state index contributed by atoms with van der Waals surface area (Å²) in [6.07, 6.45) is 2.65. The van der Waals surface area contributed by atoms with Gasteiger partial charge in [0, 0.05) is 36.9 Å². The Bertz CT molecular complexity index is 744. The number of hydrogen-bond donors (Lipinski definition) is 2. The highest BCUT2D eigenvalue weighted by Crippen LogP contribution is 2.20. The molecule has 0 radical (unpaired) electrons. The number of morpholine rings is 1. The fourth-order valence-corrected chi connectivity index (χ4v) is 4.98. The molecule has 2 rings (SSSR count). The Labute approximate surface area is 175 Å². The lowest BCUT2D eigenvalue weighted by Crippen LogP contribution is -2.52. The second-order valence-electron chi connectivity index (χ2n) is 7.50. The van der Waals surface area contributed by atoms with Gasteiger partial charge in [0.1, 0.15) is 0 Å². The monoisotopic (exact) mass is 425 g/mol. The van der Waals surface area contributed by atoms with E-state index >= 15 is 0 Å². The van der Waals surface area contributed by atoms with Crippen LogP contribution in [-0.2, 0) is 14.8 Å². The van der Waals surface area contributed by atoms with Crippen molar-refractivity contribution in [2.75, 3.05) is 43.3 Å². The van der Waals surface area contributed by atoms with Crippen LogP contribution in [0, 0.1) is 5.92 Å². The molecule has 1 amide bonds. The lowest BCUT2D eigenvalue weighted by atomic mass is 9.92. The third-order valence-electron chi connectivity index (χ3n) is 5.45. The van der Waals surface area contributed by atoms with E-state index in [1.165, 1.54) is 0 Å². The Morgan fingerprint density at radius 1 is 1.17 bits per heavy atom. The summed E-state index contributed by atoms with van der Waals surface area (Å²) < 4.78 is 32.0. The Balaban J connectivity index is 2.04. The van der Waals surface area contributed by atoms with Crippen LogP contribution in [0.4, 0.5) is 5.69 Å². The van der Waals surface area contributed by atoms with E-state index in [0.29, 0.717) is 30.1 Å². The summed E-state index contributed by atoms with van der Waals surface area (Å²) in [4.78, 5) is 15.2. The standard InChI is InChI=1S/C21H35N3O4S/c1-4-14-29(26,27)23-19-9-7-8-18(15-19)21(25)22-16-20(17(5-2)6-3)24-10-12-28-13-11-24/h7-9,15,17,20,23H,4-6,10-14,16H2,1-3H3,(H,22,25). The molecule has 1 aliphatic rings. The molecule has 1 unspecified atom stereocenters. The molecule has 8 heteroatoms. The molecule has 0 aliphatic carbocycles. The minimum atomic E-state index is -3.39. The fourth-order valence-electron chi connectivity index (χ4n) is 3.86. The molecule has 0 bridgehead atoms. The highest BCUT2D eigenvalue weighted by Gasteiger charge is 2.27. The van der Waals surface area contributed by atoms with Crippen LogP contribution in [0.2, 0.25) is 0 Å². The number of ether oxygens (including phenoxy) is 1. The van der Waals surface area contributed by atoms with Crippen molar-refractivity contribution in [1.29, 1.82) is 0 Å². The van der Waals surface area contributed by atoms with Gasteiger partial charge in [-0.25, -0.2) is 8.42 Å². The van der Waals surface area contributed by atoms with Crippen molar-refractivity contribution in [3.05, 3.63) is 29.8 Å². The molecule has 2 N–H and O–H groups in total. The van der Waals surface area contributed by atoms with Gasteiger partial charge in [-0.2, -0.15) is 0 Å². The maximum atomic E-state index is 12.7. The molecule has 0 spiro atoms. The number of hydrogen-bond acceptors (Lipinski definition) is 5. The first-order valence-electron chi connectivity index (χ1n) is 10.6. The minimum Gasteiger partial charge on any atom is -0.379 e. The predicted molar refractivity (Wildman–Crippen MR) is 117 cm³/mol. The summed E-state index contributed by atoms with van der Waals surface area (Å²) in [5, 5.41) is 3.06. The molecular weight excluding hydrogens is 390 g/mol. The van der Waals surface area contributed by atoms with Gasteiger partial charge in [-0.05, 0) is 30.5 Å². The number of sulfonamides is 1. The topological polar surface area (TPSA) is 87.7 Å². The van der Waals surface area contributed by atoms with Crippen LogP contribution in [0.5, 0.6) is 0 Å². The SMILES string of the molecule is CCCS(=O)(=O)Nc1cccc(C(=O)NCC(C(CC)CC)N2CCOCC2)c1. The summed E-state index contributed by atoms with van der Waals surface area (Å²) in [5.74, 6) is 0.367. The van der Waals surface area contributed by atoms with E-state index in [4.69, 9.17) is 4.74 Å². The van der Waals surface area contributed by atoms with Gasteiger partial charge in [-0.1, -0.05) is 39.7 Å². The van der Waals surface area contributed by atoms with Crippen LogP contribution in [0.3, 0.4) is 0 Å². The summed E-state index contributed by atoms with van der Waals surface area (Å²) in [6.45, 7) is 9.97. The minimum absolute atomic E-state index is 0.0556. The molecule has 29 heavy (non-hydrogen) atoms. The molecule has 1 heterocycles. The molecule has 1 aromatic rings. The van der Waals surface area contributed by atoms with Gasteiger partial charge in [0.25, 0.3) is 5.91 Å². The van der Waals surface area contributed by atoms with Crippen molar-refractivity contribution in [2.45, 2.75) is 46.1 Å². The lowest BCUT2D eigenvalue weighted by Gasteiger charge is -2.38. The van der Waals surface area contributed by atoms with Crippen molar-refractivity contribution in [3.63, 3.8) is 0 Å². The molecule has 0 saturated carbocycles. The molecular formula is C21H35N3O4S. The van der Waals surface area contributed by atoms with Gasteiger partial charge >= 0.3 is 0 Å². The molecule has 1 aromatic carbocycles. The van der Waals surface area contributed by atoms with Gasteiger partial charge in [-0.3, -0.25) is 14.4 Å². The molecule has 1 aliphatic heterocycles. The van der Waals surface area contributed by atoms with Crippen LogP contribution in [-0.4, -0.2) is 63.9 Å². The fraction of sp³-hybridized carbons (Fsp3) is 0.667. The van der Waals surface area contributed by atoms with Crippen molar-refractivity contribution < 1.29 is 17.9 Å². The third-order valence-corrected chi connectivity index (χ3v) is 6.94. The predicted octanol–water partition coefficient (Wildman–Crippen LogP) is 2.71. The number of nitrogens with zero attached hydrogens (tertiary/aromatic N) is 1. The largest absolute Gasteiger partial charge is 0.379 e. The van der Waals surface area contributed by atoms with E-state index in [9.17, 15) is 13.2 Å². The first-order valence-corrected chi connectivity index (χ1v) is 12.3. The highest BCUT2D eigenvalue weighted by atomic mass is 32.2. The smallest absolute Gasteiger partial charge is 0.251 e. The van der Waals surface area contributed by atoms with Gasteiger partial charge in [0.05, 0.1) is 19.0 Å². The molecule has 1 fully saturated rings. The second kappa shape index (κ2) is 11.5. The molecule has 1 atom stereocenters. The summed E-state index contributed by atoms with van der Waals surface area (Å²) in [7, 11) is -3.39. The van der Waals surface area contributed by atoms with Crippen molar-refractivity contribution in [2.24, 2.45) is 5.92 Å². The van der Waals surface area contributed by atoms with Crippen LogP contribution in [0.15, 0.2) is 24.3 Å². The number of rotatable bonds is 11. The van der Waals surface area contributed by atoms with E-state index in [1.807, 2.05) is 6.92 Å². The van der Waals surface area contributed by atoms with Crippen LogP contribution >= 0.6 is 0 Å². The first kappa shape index (κ1) is 23.6. The Kier molecular flexibility index (Phi) is 9.39. The zero-order chi connectivity index (χ0) is 21.3. The van der Waals surface area contributed by atoms with E-state index in [1.54, 1.807) is 24.3 Å². The average molecular weight is 426 g/mol. The Morgan fingerprint density at radius 3 is 2.48 bits per heavy atom. The lowest BCUT2D eigenvalue weighted by molar-refractivity contribution is 0.00191. The number of benzene rings is 1. The average Bonchev–Trinajstić information content (AvgIpc) is 2.71. The van der Waals surface area contributed by atoms with Crippen LogP contribution in [0.25, 0.3) is 0 Å². The van der Waals surface area contributed by atoms with Gasteiger partial charge in [0.15, 0.2) is 0 Å². The zero-order valence-electron chi connectivity index (χ0n) is 17.8. The highest BCUT2D eigenvalue weighted by molar-refractivity contribution is 7.92. The van der Waals surface area contributed by atoms with Gasteiger partial charge in [-0.15, -0.1) is 0 Å². The number of nitrogens with one attached hydrogen (secondary N) is 2. The number of carbonyl (C=O) groups excluding carboxylic acids is 1. The maximum Gasteiger partial charge on any atom is 0.251 e. The number of carbonyl (C=O) groups is 1. The van der Waals surface area contributed by atoms with Gasteiger partial charge in [0.2, 0.25) is 10.0 Å². The number of anilines is 1. The van der Waals surface area contributed by atoms with Crippen molar-refractivity contribution in [1.82, 2.24) is 10.2 Å². The number of amides is 1. The summed E-state index contributed by atoms with van der Waals surface area (Å²) in [6, 6.07) is 6.91. The third kappa shape index (κ3) is 7.28. The van der Waals surface area contributed by atoms with Crippen molar-refractivity contribution in [3.8, 4) is 0 Å². The molecule has 0 aromatic heterocycles. The van der Waals surface area contributed by atoms with E-state index in [0.717, 1.165) is 39.1 Å². The normalized spacial score (nSPS) is 16.6. The van der Waals surface area contributed by atoms with E-state index in [2.05, 4.69) is 28.8 Å². The first-order chi connectivity index (χ1) is 13.9. The maximum absolute atomic E-state index is 12.7. The van der Waals surface area contributed by atoms with E-state index in [-0.39, 0.29) is 17.7 Å². The molecule has 164 valence electrons. The summed E-state index contributed by atoms with van der Waals surface area (Å²) >= 11 is 0. The quantitative estimate of drug-likeness (QED) is 0.569. The summed E-state index contributed by atoms with van der Waals surface area (Å²) in [5.41, 5.74) is 0.864. The second-order valence-corrected chi connectivity index (χ2v) is 9.35. The Morgan fingerprint density at radius 2 is 1.86 bits per heavy atom.